The van der Waals surface area contributed by atoms with E-state index in [9.17, 15) is 13.2 Å². The fraction of sp³-hybridized carbons (Fsp3) is 0.312. The second-order valence-corrected chi connectivity index (χ2v) is 8.49. The van der Waals surface area contributed by atoms with Crippen LogP contribution in [0.2, 0.25) is 0 Å². The van der Waals surface area contributed by atoms with Gasteiger partial charge in [0.15, 0.2) is 0 Å². The van der Waals surface area contributed by atoms with Gasteiger partial charge in [0.1, 0.15) is 16.0 Å². The van der Waals surface area contributed by atoms with Crippen LogP contribution in [-0.4, -0.2) is 38.3 Å². The number of sulfonamides is 1. The van der Waals surface area contributed by atoms with Crippen LogP contribution in [0.15, 0.2) is 46.0 Å². The van der Waals surface area contributed by atoms with Gasteiger partial charge in [-0.05, 0) is 48.6 Å². The number of amides is 1. The topological polar surface area (TPSA) is 75.7 Å². The van der Waals surface area contributed by atoms with E-state index in [1.165, 1.54) is 4.31 Å². The van der Waals surface area contributed by atoms with Crippen molar-refractivity contribution < 1.29 is 17.9 Å². The van der Waals surface area contributed by atoms with Crippen LogP contribution in [-0.2, 0) is 14.8 Å². The minimum Gasteiger partial charge on any atom is -0.497 e. The molecule has 0 aliphatic carbocycles. The van der Waals surface area contributed by atoms with Gasteiger partial charge in [0.2, 0.25) is 5.91 Å². The highest BCUT2D eigenvalue weighted by Gasteiger charge is 2.39. The Kier molecular flexibility index (Phi) is 4.88. The van der Waals surface area contributed by atoms with Crippen LogP contribution in [0.3, 0.4) is 0 Å². The monoisotopic (exact) mass is 366 g/mol. The molecule has 1 aliphatic heterocycles. The Morgan fingerprint density at radius 3 is 2.67 bits per heavy atom. The van der Waals surface area contributed by atoms with Crippen LogP contribution in [0.1, 0.15) is 12.8 Å². The molecule has 1 unspecified atom stereocenters. The second-order valence-electron chi connectivity index (χ2n) is 5.42. The molecule has 8 heteroatoms. The van der Waals surface area contributed by atoms with E-state index in [0.29, 0.717) is 30.8 Å². The van der Waals surface area contributed by atoms with Gasteiger partial charge in [0.25, 0.3) is 10.0 Å². The zero-order chi connectivity index (χ0) is 17.2. The van der Waals surface area contributed by atoms with Crippen molar-refractivity contribution in [3.63, 3.8) is 0 Å². The molecule has 1 fully saturated rings. The number of hydrogen-bond acceptors (Lipinski definition) is 5. The highest BCUT2D eigenvalue weighted by Crippen LogP contribution is 2.29. The first kappa shape index (κ1) is 16.9. The summed E-state index contributed by atoms with van der Waals surface area (Å²) >= 11 is 1.16. The fourth-order valence-electron chi connectivity index (χ4n) is 2.72. The Hall–Kier alpha value is -1.90. The van der Waals surface area contributed by atoms with Crippen LogP contribution in [0.4, 0.5) is 5.69 Å². The molecule has 0 bridgehead atoms. The van der Waals surface area contributed by atoms with Gasteiger partial charge in [-0.3, -0.25) is 4.79 Å². The molecule has 1 aromatic heterocycles. The maximum absolute atomic E-state index is 12.7. The quantitative estimate of drug-likeness (QED) is 0.882. The van der Waals surface area contributed by atoms with Crippen molar-refractivity contribution >= 4 is 33.0 Å². The van der Waals surface area contributed by atoms with E-state index in [2.05, 4.69) is 5.32 Å². The van der Waals surface area contributed by atoms with Crippen LogP contribution in [0.25, 0.3) is 0 Å². The number of carbonyl (C=O) groups is 1. The standard InChI is InChI=1S/C16H18N2O4S2/c1-22-13-8-6-12(7-9-13)17-16(19)14-4-2-10-18(14)24(20,21)15-5-3-11-23-15/h3,5-9,11,14H,2,4,10H2,1H3,(H,17,19). The number of hydrogen-bond donors (Lipinski definition) is 1. The molecule has 3 rings (SSSR count). The maximum Gasteiger partial charge on any atom is 0.253 e. The summed E-state index contributed by atoms with van der Waals surface area (Å²) in [4.78, 5) is 12.6. The van der Waals surface area contributed by atoms with Crippen LogP contribution < -0.4 is 10.1 Å². The molecule has 2 heterocycles. The third kappa shape index (κ3) is 3.31. The molecule has 0 radical (unpaired) electrons. The zero-order valence-corrected chi connectivity index (χ0v) is 14.8. The van der Waals surface area contributed by atoms with E-state index < -0.39 is 16.1 Å². The second kappa shape index (κ2) is 6.92. The van der Waals surface area contributed by atoms with E-state index in [4.69, 9.17) is 4.74 Å². The number of nitrogens with one attached hydrogen (secondary N) is 1. The van der Waals surface area contributed by atoms with Gasteiger partial charge in [0.05, 0.1) is 7.11 Å². The molecule has 1 atom stereocenters. The lowest BCUT2D eigenvalue weighted by molar-refractivity contribution is -0.119. The Labute approximate surface area is 145 Å². The normalized spacial score (nSPS) is 18.5. The minimum atomic E-state index is -3.62. The van der Waals surface area contributed by atoms with Gasteiger partial charge in [0, 0.05) is 12.2 Å². The molecule has 1 amide bonds. The van der Waals surface area contributed by atoms with E-state index in [1.807, 2.05) is 0 Å². The summed E-state index contributed by atoms with van der Waals surface area (Å²) in [6.07, 6.45) is 1.19. The largest absolute Gasteiger partial charge is 0.497 e. The van der Waals surface area contributed by atoms with Gasteiger partial charge in [-0.2, -0.15) is 4.31 Å². The Bertz CT molecular complexity index is 801. The molecule has 0 saturated carbocycles. The lowest BCUT2D eigenvalue weighted by Gasteiger charge is -2.22. The van der Waals surface area contributed by atoms with Crippen molar-refractivity contribution in [3.8, 4) is 5.75 Å². The number of ether oxygens (including phenoxy) is 1. The predicted molar refractivity (Wildman–Crippen MR) is 92.9 cm³/mol. The van der Waals surface area contributed by atoms with E-state index in [0.717, 1.165) is 11.3 Å². The van der Waals surface area contributed by atoms with Crippen LogP contribution in [0.5, 0.6) is 5.75 Å². The first-order valence-electron chi connectivity index (χ1n) is 7.52. The summed E-state index contributed by atoms with van der Waals surface area (Å²) in [5.41, 5.74) is 0.612. The van der Waals surface area contributed by atoms with E-state index in [-0.39, 0.29) is 10.1 Å². The fourth-order valence-corrected chi connectivity index (χ4v) is 5.49. The summed E-state index contributed by atoms with van der Waals surface area (Å²) in [5.74, 6) is 0.383. The number of benzene rings is 1. The lowest BCUT2D eigenvalue weighted by Crippen LogP contribution is -2.42. The average molecular weight is 366 g/mol. The zero-order valence-electron chi connectivity index (χ0n) is 13.1. The molecule has 1 N–H and O–H groups in total. The van der Waals surface area contributed by atoms with Crippen molar-refractivity contribution in [2.45, 2.75) is 23.1 Å². The third-order valence-electron chi connectivity index (χ3n) is 3.92. The molecule has 0 spiro atoms. The summed E-state index contributed by atoms with van der Waals surface area (Å²) in [5, 5.41) is 4.50. The molecule has 128 valence electrons. The van der Waals surface area contributed by atoms with Crippen molar-refractivity contribution in [3.05, 3.63) is 41.8 Å². The Morgan fingerprint density at radius 2 is 2.04 bits per heavy atom. The number of rotatable bonds is 5. The number of nitrogens with zero attached hydrogens (tertiary/aromatic N) is 1. The van der Waals surface area contributed by atoms with Gasteiger partial charge in [-0.15, -0.1) is 11.3 Å². The first-order valence-corrected chi connectivity index (χ1v) is 9.84. The average Bonchev–Trinajstić information content (AvgIpc) is 3.27. The molecule has 1 aliphatic rings. The number of thiophene rings is 1. The van der Waals surface area contributed by atoms with Crippen molar-refractivity contribution in [1.29, 1.82) is 0 Å². The smallest absolute Gasteiger partial charge is 0.253 e. The lowest BCUT2D eigenvalue weighted by atomic mass is 10.2. The summed E-state index contributed by atoms with van der Waals surface area (Å²) in [7, 11) is -2.05. The third-order valence-corrected chi connectivity index (χ3v) is 7.20. The van der Waals surface area contributed by atoms with E-state index >= 15 is 0 Å². The molecule has 1 saturated heterocycles. The minimum absolute atomic E-state index is 0.270. The summed E-state index contributed by atoms with van der Waals surface area (Å²) < 4.78 is 32.0. The Morgan fingerprint density at radius 1 is 1.29 bits per heavy atom. The van der Waals surface area contributed by atoms with Gasteiger partial charge >= 0.3 is 0 Å². The molecule has 24 heavy (non-hydrogen) atoms. The molecule has 2 aromatic rings. The summed E-state index contributed by atoms with van der Waals surface area (Å²) in [6.45, 7) is 0.362. The predicted octanol–water partition coefficient (Wildman–Crippen LogP) is 2.55. The van der Waals surface area contributed by atoms with Crippen molar-refractivity contribution in [2.24, 2.45) is 0 Å². The molecular weight excluding hydrogens is 348 g/mol. The number of methoxy groups -OCH3 is 1. The van der Waals surface area contributed by atoms with Gasteiger partial charge < -0.3 is 10.1 Å². The SMILES string of the molecule is COc1ccc(NC(=O)C2CCCN2S(=O)(=O)c2cccs2)cc1. The van der Waals surface area contributed by atoms with Crippen LogP contribution in [0, 0.1) is 0 Å². The maximum atomic E-state index is 12.7. The molecule has 1 aromatic carbocycles. The molecular formula is C16H18N2O4S2. The van der Waals surface area contributed by atoms with Crippen molar-refractivity contribution in [1.82, 2.24) is 4.31 Å². The van der Waals surface area contributed by atoms with E-state index in [1.54, 1.807) is 48.9 Å². The number of anilines is 1. The van der Waals surface area contributed by atoms with Crippen molar-refractivity contribution in [2.75, 3.05) is 19.0 Å². The molecule has 6 nitrogen and oxygen atoms in total. The van der Waals surface area contributed by atoms with Gasteiger partial charge in [-0.1, -0.05) is 6.07 Å². The summed E-state index contributed by atoms with van der Waals surface area (Å²) in [6, 6.07) is 9.51. The Balaban J connectivity index is 1.76. The first-order chi connectivity index (χ1) is 11.5. The van der Waals surface area contributed by atoms with Crippen LogP contribution >= 0.6 is 11.3 Å². The highest BCUT2D eigenvalue weighted by molar-refractivity contribution is 7.91. The highest BCUT2D eigenvalue weighted by atomic mass is 32.2. The number of carbonyl (C=O) groups excluding carboxylic acids is 1. The van der Waals surface area contributed by atoms with Gasteiger partial charge in [-0.25, -0.2) is 8.42 Å².